The number of hydrogen-bond donors (Lipinski definition) is 1. The van der Waals surface area contributed by atoms with E-state index < -0.39 is 0 Å². The van der Waals surface area contributed by atoms with Crippen molar-refractivity contribution in [2.75, 3.05) is 0 Å². The van der Waals surface area contributed by atoms with Gasteiger partial charge in [0.25, 0.3) is 0 Å². The average molecular weight is 344 g/mol. The SMILES string of the molecule is CCCCCCC/C=C/[C@H]1O[C@@H]2C(=O)C=C3C[C@@H](O)C[C@@H]3[C@H]2C=C1C. The summed E-state index contributed by atoms with van der Waals surface area (Å²) in [5, 5.41) is 9.95. The van der Waals surface area contributed by atoms with Gasteiger partial charge in [-0.2, -0.15) is 0 Å². The Labute approximate surface area is 151 Å². The largest absolute Gasteiger partial charge is 0.393 e. The third-order valence-corrected chi connectivity index (χ3v) is 5.88. The van der Waals surface area contributed by atoms with Crippen LogP contribution in [0.2, 0.25) is 0 Å². The number of ketones is 1. The molecule has 0 radical (unpaired) electrons. The van der Waals surface area contributed by atoms with Crippen molar-refractivity contribution in [1.29, 1.82) is 0 Å². The summed E-state index contributed by atoms with van der Waals surface area (Å²) in [5.41, 5.74) is 2.31. The van der Waals surface area contributed by atoms with E-state index in [0.717, 1.165) is 18.4 Å². The number of allylic oxidation sites excluding steroid dienone is 1. The predicted molar refractivity (Wildman–Crippen MR) is 100 cm³/mol. The quantitative estimate of drug-likeness (QED) is 0.546. The molecule has 1 heterocycles. The van der Waals surface area contributed by atoms with Gasteiger partial charge in [0, 0.05) is 5.92 Å². The van der Waals surface area contributed by atoms with E-state index in [0.29, 0.717) is 6.42 Å². The molecule has 2 aliphatic carbocycles. The van der Waals surface area contributed by atoms with Crippen LogP contribution in [0.3, 0.4) is 0 Å². The van der Waals surface area contributed by atoms with Crippen LogP contribution < -0.4 is 0 Å². The molecule has 1 aliphatic heterocycles. The average Bonchev–Trinajstić information content (AvgIpc) is 2.95. The minimum absolute atomic E-state index is 0.0760. The lowest BCUT2D eigenvalue weighted by Crippen LogP contribution is -2.44. The first-order valence-corrected chi connectivity index (χ1v) is 10.0. The number of hydrogen-bond acceptors (Lipinski definition) is 3. The Bertz CT molecular complexity index is 572. The summed E-state index contributed by atoms with van der Waals surface area (Å²) in [5.74, 6) is 0.451. The number of unbranched alkanes of at least 4 members (excludes halogenated alkanes) is 5. The minimum Gasteiger partial charge on any atom is -0.393 e. The first kappa shape index (κ1) is 18.6. The van der Waals surface area contributed by atoms with E-state index in [1.807, 2.05) is 0 Å². The summed E-state index contributed by atoms with van der Waals surface area (Å²) in [6.07, 6.45) is 16.5. The number of carbonyl (C=O) groups is 1. The van der Waals surface area contributed by atoms with Crippen LogP contribution in [0, 0.1) is 11.8 Å². The molecule has 138 valence electrons. The molecule has 1 N–H and O–H groups in total. The molecule has 5 atom stereocenters. The lowest BCUT2D eigenvalue weighted by molar-refractivity contribution is -0.133. The summed E-state index contributed by atoms with van der Waals surface area (Å²) < 4.78 is 6.17. The maximum Gasteiger partial charge on any atom is 0.185 e. The van der Waals surface area contributed by atoms with Gasteiger partial charge in [-0.25, -0.2) is 0 Å². The molecule has 0 aromatic heterocycles. The summed E-state index contributed by atoms with van der Waals surface area (Å²) >= 11 is 0. The van der Waals surface area contributed by atoms with Crippen molar-refractivity contribution in [3.05, 3.63) is 35.5 Å². The molecule has 0 unspecified atom stereocenters. The van der Waals surface area contributed by atoms with Crippen LogP contribution in [0.25, 0.3) is 0 Å². The second-order valence-corrected chi connectivity index (χ2v) is 7.92. The van der Waals surface area contributed by atoms with Crippen molar-refractivity contribution < 1.29 is 14.6 Å². The van der Waals surface area contributed by atoms with Crippen LogP contribution in [0.4, 0.5) is 0 Å². The van der Waals surface area contributed by atoms with Crippen molar-refractivity contribution in [2.45, 2.75) is 83.5 Å². The van der Waals surface area contributed by atoms with Gasteiger partial charge < -0.3 is 9.84 Å². The Morgan fingerprint density at radius 3 is 2.88 bits per heavy atom. The van der Waals surface area contributed by atoms with Gasteiger partial charge in [-0.1, -0.05) is 56.4 Å². The highest BCUT2D eigenvalue weighted by molar-refractivity contribution is 5.96. The molecule has 0 saturated heterocycles. The van der Waals surface area contributed by atoms with Gasteiger partial charge in [0.2, 0.25) is 0 Å². The zero-order valence-electron chi connectivity index (χ0n) is 15.6. The molecule has 3 rings (SSSR count). The van der Waals surface area contributed by atoms with Crippen molar-refractivity contribution >= 4 is 5.78 Å². The van der Waals surface area contributed by atoms with Crippen molar-refractivity contribution in [1.82, 2.24) is 0 Å². The molecule has 0 amide bonds. The number of rotatable bonds is 7. The standard InChI is InChI=1S/C22H32O3/c1-3-4-5-6-7-8-9-10-21-15(2)11-19-18-14-17(23)12-16(18)13-20(24)22(19)25-21/h9-11,13,17-19,21-23H,3-8,12,14H2,1-2H3/b10-9+/t17-,18+,19-,21-,22+/m1/s1. The van der Waals surface area contributed by atoms with Crippen LogP contribution in [0.15, 0.2) is 35.5 Å². The minimum atomic E-state index is -0.373. The zero-order valence-corrected chi connectivity index (χ0v) is 15.6. The highest BCUT2D eigenvalue weighted by atomic mass is 16.5. The highest BCUT2D eigenvalue weighted by Crippen LogP contribution is 2.45. The second-order valence-electron chi connectivity index (χ2n) is 7.92. The third kappa shape index (κ3) is 4.32. The maximum atomic E-state index is 12.5. The van der Waals surface area contributed by atoms with E-state index >= 15 is 0 Å². The fourth-order valence-electron chi connectivity index (χ4n) is 4.49. The van der Waals surface area contributed by atoms with Gasteiger partial charge in [-0.05, 0) is 50.2 Å². The van der Waals surface area contributed by atoms with Gasteiger partial charge in [0.15, 0.2) is 5.78 Å². The molecule has 1 saturated carbocycles. The highest BCUT2D eigenvalue weighted by Gasteiger charge is 2.45. The number of aliphatic hydroxyl groups is 1. The van der Waals surface area contributed by atoms with E-state index in [2.05, 4.69) is 32.1 Å². The van der Waals surface area contributed by atoms with E-state index in [1.54, 1.807) is 6.08 Å². The lowest BCUT2D eigenvalue weighted by atomic mass is 9.75. The summed E-state index contributed by atoms with van der Waals surface area (Å²) in [6, 6.07) is 0. The maximum absolute atomic E-state index is 12.5. The topological polar surface area (TPSA) is 46.5 Å². The molecule has 0 aromatic carbocycles. The molecule has 1 fully saturated rings. The van der Waals surface area contributed by atoms with E-state index in [4.69, 9.17) is 4.74 Å². The molecule has 0 aromatic rings. The zero-order chi connectivity index (χ0) is 17.8. The number of aliphatic hydroxyl groups excluding tert-OH is 1. The first-order chi connectivity index (χ1) is 12.1. The van der Waals surface area contributed by atoms with Gasteiger partial charge in [0.1, 0.15) is 6.10 Å². The lowest BCUT2D eigenvalue weighted by Gasteiger charge is -2.38. The Hall–Kier alpha value is -1.19. The van der Waals surface area contributed by atoms with Crippen LogP contribution >= 0.6 is 0 Å². The van der Waals surface area contributed by atoms with Crippen LogP contribution in [0.5, 0.6) is 0 Å². The van der Waals surface area contributed by atoms with Crippen LogP contribution in [-0.2, 0) is 9.53 Å². The predicted octanol–water partition coefficient (Wildman–Crippen LogP) is 4.51. The summed E-state index contributed by atoms with van der Waals surface area (Å²) in [7, 11) is 0. The molecular weight excluding hydrogens is 312 g/mol. The Kier molecular flexibility index (Phi) is 6.29. The van der Waals surface area contributed by atoms with Crippen LogP contribution in [0.1, 0.15) is 65.2 Å². The second kappa shape index (κ2) is 8.46. The number of fused-ring (bicyclic) bond motifs is 3. The fourth-order valence-corrected chi connectivity index (χ4v) is 4.49. The summed E-state index contributed by atoms with van der Waals surface area (Å²) in [6.45, 7) is 4.33. The van der Waals surface area contributed by atoms with Gasteiger partial charge in [-0.15, -0.1) is 0 Å². The molecular formula is C22H32O3. The molecule has 0 spiro atoms. The Morgan fingerprint density at radius 1 is 1.28 bits per heavy atom. The van der Waals surface area contributed by atoms with E-state index in [1.165, 1.54) is 37.7 Å². The normalized spacial score (nSPS) is 34.7. The molecule has 3 heteroatoms. The fraction of sp³-hybridized carbons (Fsp3) is 0.682. The number of carbonyl (C=O) groups excluding carboxylic acids is 1. The molecule has 3 nitrogen and oxygen atoms in total. The summed E-state index contributed by atoms with van der Waals surface area (Å²) in [4.78, 5) is 12.5. The van der Waals surface area contributed by atoms with Gasteiger partial charge in [0.05, 0.1) is 12.2 Å². The molecule has 0 bridgehead atoms. The van der Waals surface area contributed by atoms with Crippen molar-refractivity contribution in [2.24, 2.45) is 11.8 Å². The van der Waals surface area contributed by atoms with E-state index in [-0.39, 0.29) is 35.9 Å². The number of ether oxygens (including phenoxy) is 1. The monoisotopic (exact) mass is 344 g/mol. The molecule has 3 aliphatic rings. The van der Waals surface area contributed by atoms with Gasteiger partial charge >= 0.3 is 0 Å². The van der Waals surface area contributed by atoms with Crippen molar-refractivity contribution in [3.8, 4) is 0 Å². The first-order valence-electron chi connectivity index (χ1n) is 10.0. The molecule has 25 heavy (non-hydrogen) atoms. The Balaban J connectivity index is 1.58. The van der Waals surface area contributed by atoms with Gasteiger partial charge in [-0.3, -0.25) is 4.79 Å². The van der Waals surface area contributed by atoms with E-state index in [9.17, 15) is 9.90 Å². The Morgan fingerprint density at radius 2 is 2.08 bits per heavy atom. The smallest absolute Gasteiger partial charge is 0.185 e. The van der Waals surface area contributed by atoms with Crippen molar-refractivity contribution in [3.63, 3.8) is 0 Å². The van der Waals surface area contributed by atoms with Crippen LogP contribution in [-0.4, -0.2) is 29.2 Å². The third-order valence-electron chi connectivity index (χ3n) is 5.88.